The number of carbonyl (C=O) groups excluding carboxylic acids is 3. The van der Waals surface area contributed by atoms with Crippen LogP contribution in [0.5, 0.6) is 5.75 Å². The summed E-state index contributed by atoms with van der Waals surface area (Å²) in [7, 11) is 0. The van der Waals surface area contributed by atoms with Gasteiger partial charge in [-0.25, -0.2) is 8.78 Å². The average Bonchev–Trinajstić information content (AvgIpc) is 2.91. The molecule has 1 N–H and O–H groups in total. The Labute approximate surface area is 245 Å². The van der Waals surface area contributed by atoms with E-state index in [1.54, 1.807) is 0 Å². The maximum atomic E-state index is 14.0. The Morgan fingerprint density at radius 2 is 1.57 bits per heavy atom. The second kappa shape index (κ2) is 13.1. The fraction of sp³-hybridized carbons (Fsp3) is 0.379. The molecule has 3 aromatic rings. The zero-order valence-electron chi connectivity index (χ0n) is 23.8. The number of hydrogen-bond acceptors (Lipinski definition) is 6. The number of Topliss-reactive ketones (excluding diaryl/α,β-unsaturated/α-hetero) is 1. The van der Waals surface area contributed by atoms with Gasteiger partial charge in [-0.15, -0.1) is 0 Å². The Morgan fingerprint density at radius 3 is 2.11 bits per heavy atom. The summed E-state index contributed by atoms with van der Waals surface area (Å²) >= 11 is 0. The first kappa shape index (κ1) is 34.1. The molecule has 238 valence electrons. The number of ether oxygens (including phenoxy) is 2. The third kappa shape index (κ3) is 7.94. The van der Waals surface area contributed by atoms with Gasteiger partial charge in [0, 0.05) is 17.6 Å². The lowest BCUT2D eigenvalue weighted by Crippen LogP contribution is -2.48. The van der Waals surface area contributed by atoms with Gasteiger partial charge >= 0.3 is 12.1 Å². The largest absolute Gasteiger partial charge is 0.479 e. The molecule has 3 rings (SSSR count). The van der Waals surface area contributed by atoms with Crippen LogP contribution >= 0.6 is 0 Å². The van der Waals surface area contributed by atoms with Crippen LogP contribution in [0, 0.1) is 23.3 Å². The third-order valence-electron chi connectivity index (χ3n) is 6.21. The Hall–Kier alpha value is -4.43. The fourth-order valence-electron chi connectivity index (χ4n) is 4.17. The van der Waals surface area contributed by atoms with E-state index in [0.29, 0.717) is 6.07 Å². The number of pyridine rings is 1. The van der Waals surface area contributed by atoms with Gasteiger partial charge in [0.15, 0.2) is 23.2 Å². The summed E-state index contributed by atoms with van der Waals surface area (Å²) in [5, 5.41) is 2.06. The van der Waals surface area contributed by atoms with Crippen LogP contribution in [-0.2, 0) is 25.3 Å². The Bertz CT molecular complexity index is 1620. The minimum Gasteiger partial charge on any atom is -0.479 e. The number of fused-ring (bicyclic) bond motifs is 1. The van der Waals surface area contributed by atoms with Gasteiger partial charge in [0.2, 0.25) is 17.5 Å². The van der Waals surface area contributed by atoms with Crippen molar-refractivity contribution < 1.29 is 54.6 Å². The molecular weight excluding hydrogens is 605 g/mol. The van der Waals surface area contributed by atoms with Crippen LogP contribution in [0.4, 0.5) is 30.7 Å². The average molecular weight is 633 g/mol. The molecule has 1 heterocycles. The van der Waals surface area contributed by atoms with Crippen molar-refractivity contribution in [2.75, 3.05) is 6.61 Å². The first-order valence-electron chi connectivity index (χ1n) is 13.1. The molecule has 8 nitrogen and oxygen atoms in total. The Balaban J connectivity index is 1.93. The smallest absolute Gasteiger partial charge is 0.416 e. The topological polar surface area (TPSA) is 104 Å². The summed E-state index contributed by atoms with van der Waals surface area (Å²) in [6.07, 6.45) is -4.52. The van der Waals surface area contributed by atoms with Crippen molar-refractivity contribution in [2.24, 2.45) is 0 Å². The van der Waals surface area contributed by atoms with Crippen LogP contribution in [0.15, 0.2) is 41.3 Å². The molecule has 1 unspecified atom stereocenters. The minimum atomic E-state index is -4.75. The molecule has 15 heteroatoms. The summed E-state index contributed by atoms with van der Waals surface area (Å²) in [5.41, 5.74) is -3.07. The molecule has 0 aliphatic rings. The zero-order valence-corrected chi connectivity index (χ0v) is 23.8. The number of ketones is 1. The number of benzene rings is 2. The number of aromatic nitrogens is 1. The Kier molecular flexibility index (Phi) is 10.1. The molecule has 0 saturated heterocycles. The lowest BCUT2D eigenvalue weighted by molar-refractivity contribution is -0.156. The van der Waals surface area contributed by atoms with Gasteiger partial charge in [0.1, 0.15) is 24.3 Å². The molecule has 0 saturated carbocycles. The van der Waals surface area contributed by atoms with Gasteiger partial charge in [-0.2, -0.15) is 22.0 Å². The van der Waals surface area contributed by atoms with Crippen molar-refractivity contribution in [1.29, 1.82) is 0 Å². The SMILES string of the molecule is CC[C@@H](C(=O)NC(CC(=O)OC(C)(C)C)C(=O)COc1c(F)c(F)cc(F)c1F)n1ccc2ccc(C(F)(F)F)cc2c1=O. The van der Waals surface area contributed by atoms with E-state index in [2.05, 4.69) is 10.1 Å². The van der Waals surface area contributed by atoms with E-state index in [4.69, 9.17) is 4.74 Å². The van der Waals surface area contributed by atoms with E-state index >= 15 is 0 Å². The van der Waals surface area contributed by atoms with Crippen LogP contribution in [-0.4, -0.2) is 40.5 Å². The van der Waals surface area contributed by atoms with E-state index in [1.165, 1.54) is 40.0 Å². The first-order chi connectivity index (χ1) is 20.3. The number of nitrogens with zero attached hydrogens (tertiary/aromatic N) is 1. The molecule has 1 amide bonds. The maximum Gasteiger partial charge on any atom is 0.416 e. The summed E-state index contributed by atoms with van der Waals surface area (Å²) < 4.78 is 106. The highest BCUT2D eigenvalue weighted by molar-refractivity contribution is 5.94. The molecule has 0 radical (unpaired) electrons. The number of carbonyl (C=O) groups is 3. The highest BCUT2D eigenvalue weighted by Gasteiger charge is 2.33. The second-order valence-electron chi connectivity index (χ2n) is 10.7. The van der Waals surface area contributed by atoms with Gasteiger partial charge in [0.25, 0.3) is 5.56 Å². The molecule has 0 aliphatic carbocycles. The maximum absolute atomic E-state index is 14.0. The molecular formula is C29H27F7N2O6. The van der Waals surface area contributed by atoms with E-state index < -0.39 is 94.7 Å². The molecule has 1 aromatic heterocycles. The normalized spacial score (nSPS) is 13.3. The quantitative estimate of drug-likeness (QED) is 0.183. The monoisotopic (exact) mass is 632 g/mol. The number of esters is 1. The van der Waals surface area contributed by atoms with Gasteiger partial charge < -0.3 is 19.4 Å². The lowest BCUT2D eigenvalue weighted by atomic mass is 10.1. The highest BCUT2D eigenvalue weighted by atomic mass is 19.4. The highest BCUT2D eigenvalue weighted by Crippen LogP contribution is 2.31. The number of halogens is 7. The number of alkyl halides is 3. The third-order valence-corrected chi connectivity index (χ3v) is 6.21. The predicted molar refractivity (Wildman–Crippen MR) is 142 cm³/mol. The van der Waals surface area contributed by atoms with Crippen molar-refractivity contribution in [2.45, 2.75) is 64.4 Å². The molecule has 0 aliphatic heterocycles. The predicted octanol–water partition coefficient (Wildman–Crippen LogP) is 5.39. The molecule has 0 fully saturated rings. The van der Waals surface area contributed by atoms with Crippen LogP contribution in [0.2, 0.25) is 0 Å². The summed E-state index contributed by atoms with van der Waals surface area (Å²) in [4.78, 5) is 52.0. The summed E-state index contributed by atoms with van der Waals surface area (Å²) in [6.45, 7) is 4.73. The van der Waals surface area contributed by atoms with Crippen molar-refractivity contribution in [1.82, 2.24) is 9.88 Å². The number of amides is 1. The van der Waals surface area contributed by atoms with Gasteiger partial charge in [0.05, 0.1) is 12.0 Å². The van der Waals surface area contributed by atoms with Crippen LogP contribution < -0.4 is 15.6 Å². The van der Waals surface area contributed by atoms with Crippen LogP contribution in [0.25, 0.3) is 10.8 Å². The van der Waals surface area contributed by atoms with E-state index in [1.807, 2.05) is 0 Å². The number of nitrogens with one attached hydrogen (secondary N) is 1. The molecule has 0 spiro atoms. The first-order valence-corrected chi connectivity index (χ1v) is 13.1. The van der Waals surface area contributed by atoms with Crippen molar-refractivity contribution in [3.63, 3.8) is 0 Å². The number of hydrogen-bond donors (Lipinski definition) is 1. The van der Waals surface area contributed by atoms with Crippen molar-refractivity contribution in [3.8, 4) is 5.75 Å². The minimum absolute atomic E-state index is 0.0750. The Morgan fingerprint density at radius 1 is 0.955 bits per heavy atom. The molecule has 44 heavy (non-hydrogen) atoms. The van der Waals surface area contributed by atoms with Crippen LogP contribution in [0.1, 0.15) is 52.1 Å². The van der Waals surface area contributed by atoms with Crippen molar-refractivity contribution >= 4 is 28.4 Å². The lowest BCUT2D eigenvalue weighted by Gasteiger charge is -2.25. The van der Waals surface area contributed by atoms with E-state index in [-0.39, 0.29) is 23.3 Å². The van der Waals surface area contributed by atoms with Gasteiger partial charge in [-0.3, -0.25) is 19.2 Å². The van der Waals surface area contributed by atoms with Gasteiger partial charge in [-0.1, -0.05) is 13.0 Å². The van der Waals surface area contributed by atoms with E-state index in [9.17, 15) is 49.9 Å². The van der Waals surface area contributed by atoms with Gasteiger partial charge in [-0.05, 0) is 50.8 Å². The fourth-order valence-corrected chi connectivity index (χ4v) is 4.17. The molecule has 0 bridgehead atoms. The molecule has 2 aromatic carbocycles. The summed E-state index contributed by atoms with van der Waals surface area (Å²) in [5.74, 6) is -12.2. The summed E-state index contributed by atoms with van der Waals surface area (Å²) in [6, 6.07) is 0.572. The molecule has 2 atom stereocenters. The number of rotatable bonds is 10. The zero-order chi connectivity index (χ0) is 33.1. The van der Waals surface area contributed by atoms with Crippen molar-refractivity contribution in [3.05, 3.63) is 75.7 Å². The van der Waals surface area contributed by atoms with E-state index in [0.717, 1.165) is 16.7 Å². The standard InChI is InChI=1S/C29H27F7N2O6/c1-5-20(38-9-8-14-6-7-15(29(34,35)36)10-16(14)27(38)42)26(41)37-19(12-22(40)44-28(2,3)4)21(39)13-43-25-23(32)17(30)11-18(31)24(25)33/h6-11,19-20H,5,12-13H2,1-4H3,(H,37,41)/t19?,20-/m0/s1. The second-order valence-corrected chi connectivity index (χ2v) is 10.7. The van der Waals surface area contributed by atoms with Crippen LogP contribution in [0.3, 0.4) is 0 Å².